The van der Waals surface area contributed by atoms with Gasteiger partial charge in [-0.3, -0.25) is 0 Å². The summed E-state index contributed by atoms with van der Waals surface area (Å²) in [4.78, 5) is 28.4. The Hall–Kier alpha value is -3.10. The summed E-state index contributed by atoms with van der Waals surface area (Å²) in [5.74, 6) is 1.86. The molecular weight excluding hydrogens is 410 g/mol. The van der Waals surface area contributed by atoms with Crippen molar-refractivity contribution in [2.45, 2.75) is 58.3 Å². The van der Waals surface area contributed by atoms with Crippen molar-refractivity contribution >= 4 is 12.2 Å². The molecule has 1 aromatic carbocycles. The molecule has 1 atom stereocenters. The zero-order chi connectivity index (χ0) is 22.7. The average Bonchev–Trinajstić information content (AvgIpc) is 3.33. The highest BCUT2D eigenvalue weighted by Crippen LogP contribution is 2.28. The lowest BCUT2D eigenvalue weighted by atomic mass is 10.1. The largest absolute Gasteiger partial charge is 0.445 e. The normalized spacial score (nSPS) is 18.8. The van der Waals surface area contributed by atoms with Gasteiger partial charge in [0.05, 0.1) is 0 Å². The molecule has 0 N–H and O–H groups in total. The maximum Gasteiger partial charge on any atom is 0.410 e. The van der Waals surface area contributed by atoms with Gasteiger partial charge in [-0.15, -0.1) is 10.2 Å². The van der Waals surface area contributed by atoms with Gasteiger partial charge in [0.25, 0.3) is 0 Å². The summed E-state index contributed by atoms with van der Waals surface area (Å²) in [5, 5.41) is 8.81. The molecule has 9 nitrogen and oxygen atoms in total. The molecule has 0 aliphatic carbocycles. The number of likely N-dealkylation sites (tertiary alicyclic amines) is 1. The number of carbonyl (C=O) groups excluding carboxylic acids is 2. The van der Waals surface area contributed by atoms with Crippen LogP contribution in [0.15, 0.2) is 30.3 Å². The summed E-state index contributed by atoms with van der Waals surface area (Å²) >= 11 is 0. The van der Waals surface area contributed by atoms with Gasteiger partial charge < -0.3 is 23.8 Å². The van der Waals surface area contributed by atoms with E-state index in [4.69, 9.17) is 9.47 Å². The van der Waals surface area contributed by atoms with Crippen molar-refractivity contribution in [3.05, 3.63) is 47.5 Å². The maximum atomic E-state index is 12.5. The van der Waals surface area contributed by atoms with Crippen LogP contribution in [0.1, 0.15) is 50.3 Å². The molecule has 1 saturated heterocycles. The second kappa shape index (κ2) is 9.18. The van der Waals surface area contributed by atoms with Crippen molar-refractivity contribution in [2.24, 2.45) is 0 Å². The molecule has 0 saturated carbocycles. The van der Waals surface area contributed by atoms with Gasteiger partial charge in [-0.1, -0.05) is 30.3 Å². The Morgan fingerprint density at radius 2 is 1.78 bits per heavy atom. The van der Waals surface area contributed by atoms with E-state index in [1.54, 1.807) is 9.80 Å². The Labute approximate surface area is 188 Å². The molecule has 1 fully saturated rings. The van der Waals surface area contributed by atoms with E-state index in [0.717, 1.165) is 23.6 Å². The first-order chi connectivity index (χ1) is 15.3. The molecule has 32 heavy (non-hydrogen) atoms. The first-order valence-corrected chi connectivity index (χ1v) is 11.2. The van der Waals surface area contributed by atoms with E-state index in [9.17, 15) is 9.59 Å². The predicted molar refractivity (Wildman–Crippen MR) is 117 cm³/mol. The molecule has 172 valence electrons. The van der Waals surface area contributed by atoms with Crippen molar-refractivity contribution in [3.8, 4) is 0 Å². The van der Waals surface area contributed by atoms with Crippen LogP contribution in [0.3, 0.4) is 0 Å². The van der Waals surface area contributed by atoms with E-state index in [2.05, 4.69) is 14.8 Å². The Kier molecular flexibility index (Phi) is 6.34. The highest BCUT2D eigenvalue weighted by atomic mass is 16.6. The Bertz CT molecular complexity index is 953. The van der Waals surface area contributed by atoms with Crippen LogP contribution < -0.4 is 0 Å². The van der Waals surface area contributed by atoms with Crippen molar-refractivity contribution in [3.63, 3.8) is 0 Å². The lowest BCUT2D eigenvalue weighted by Crippen LogP contribution is -2.38. The number of hydrogen-bond donors (Lipinski definition) is 0. The number of carbonyl (C=O) groups is 2. The minimum atomic E-state index is -0.522. The number of benzene rings is 1. The van der Waals surface area contributed by atoms with Crippen LogP contribution >= 0.6 is 0 Å². The van der Waals surface area contributed by atoms with E-state index in [0.29, 0.717) is 39.1 Å². The van der Waals surface area contributed by atoms with E-state index >= 15 is 0 Å². The zero-order valence-corrected chi connectivity index (χ0v) is 19.0. The molecule has 3 heterocycles. The molecule has 2 aromatic rings. The van der Waals surface area contributed by atoms with Crippen LogP contribution in [0.4, 0.5) is 9.59 Å². The van der Waals surface area contributed by atoms with Gasteiger partial charge in [-0.05, 0) is 32.8 Å². The van der Waals surface area contributed by atoms with Gasteiger partial charge in [0, 0.05) is 45.1 Å². The number of aromatic nitrogens is 3. The molecule has 2 aliphatic heterocycles. The van der Waals surface area contributed by atoms with Gasteiger partial charge in [0.1, 0.15) is 23.9 Å². The summed E-state index contributed by atoms with van der Waals surface area (Å²) in [5.41, 5.74) is 0.445. The van der Waals surface area contributed by atoms with Gasteiger partial charge in [-0.2, -0.15) is 0 Å². The fraction of sp³-hybridized carbons (Fsp3) is 0.565. The molecule has 0 unspecified atom stereocenters. The third kappa shape index (κ3) is 5.20. The van der Waals surface area contributed by atoms with Gasteiger partial charge in [-0.25, -0.2) is 9.59 Å². The zero-order valence-electron chi connectivity index (χ0n) is 19.0. The SMILES string of the molecule is CC(C)(C)OC(=O)N1CCc2nnc([C@@H]3CCN(C(=O)OCc4ccccc4)C3)n2CC1. The molecule has 0 spiro atoms. The lowest BCUT2D eigenvalue weighted by molar-refractivity contribution is 0.0253. The molecule has 9 heteroatoms. The average molecular weight is 442 g/mol. The number of ether oxygens (including phenoxy) is 2. The topological polar surface area (TPSA) is 89.8 Å². The molecule has 0 radical (unpaired) electrons. The Balaban J connectivity index is 1.34. The standard InChI is InChI=1S/C23H31N5O4/c1-23(2,3)32-22(30)26-12-10-19-24-25-20(28(19)14-13-26)18-9-11-27(15-18)21(29)31-16-17-7-5-4-6-8-17/h4-8,18H,9-16H2,1-3H3/t18-/m1/s1. The summed E-state index contributed by atoms with van der Waals surface area (Å²) in [6.07, 6.45) is 0.838. The van der Waals surface area contributed by atoms with Crippen molar-refractivity contribution in [1.29, 1.82) is 0 Å². The molecule has 1 aromatic heterocycles. The van der Waals surface area contributed by atoms with Crippen LogP contribution in [-0.2, 0) is 29.0 Å². The highest BCUT2D eigenvalue weighted by Gasteiger charge is 2.33. The molecule has 2 amide bonds. The van der Waals surface area contributed by atoms with Crippen LogP contribution in [0.5, 0.6) is 0 Å². The lowest BCUT2D eigenvalue weighted by Gasteiger charge is -2.26. The van der Waals surface area contributed by atoms with Gasteiger partial charge >= 0.3 is 12.2 Å². The van der Waals surface area contributed by atoms with Crippen molar-refractivity contribution in [1.82, 2.24) is 24.6 Å². The molecule has 4 rings (SSSR count). The predicted octanol–water partition coefficient (Wildman–Crippen LogP) is 3.20. The fourth-order valence-electron chi connectivity index (χ4n) is 4.10. The van der Waals surface area contributed by atoms with Crippen LogP contribution in [0.2, 0.25) is 0 Å². The number of fused-ring (bicyclic) bond motifs is 1. The number of hydrogen-bond acceptors (Lipinski definition) is 6. The minimum Gasteiger partial charge on any atom is -0.445 e. The second-order valence-electron chi connectivity index (χ2n) is 9.32. The smallest absolute Gasteiger partial charge is 0.410 e. The van der Waals surface area contributed by atoms with Crippen LogP contribution in [0, 0.1) is 0 Å². The first kappa shape index (κ1) is 22.1. The molecule has 0 bridgehead atoms. The van der Waals surface area contributed by atoms with Gasteiger partial charge in [0.2, 0.25) is 0 Å². The summed E-state index contributed by atoms with van der Waals surface area (Å²) in [6.45, 7) is 8.77. The molecule has 2 aliphatic rings. The molecular formula is C23H31N5O4. The third-order valence-corrected chi connectivity index (χ3v) is 5.72. The van der Waals surface area contributed by atoms with E-state index < -0.39 is 5.60 Å². The minimum absolute atomic E-state index is 0.105. The first-order valence-electron chi connectivity index (χ1n) is 11.2. The van der Waals surface area contributed by atoms with Crippen LogP contribution in [0.25, 0.3) is 0 Å². The Morgan fingerprint density at radius 1 is 1.00 bits per heavy atom. The summed E-state index contributed by atoms with van der Waals surface area (Å²) in [7, 11) is 0. The third-order valence-electron chi connectivity index (χ3n) is 5.72. The van der Waals surface area contributed by atoms with Crippen LogP contribution in [-0.4, -0.2) is 68.5 Å². The quantitative estimate of drug-likeness (QED) is 0.727. The summed E-state index contributed by atoms with van der Waals surface area (Å²) < 4.78 is 13.1. The number of nitrogens with zero attached hydrogens (tertiary/aromatic N) is 5. The van der Waals surface area contributed by atoms with Crippen molar-refractivity contribution < 1.29 is 19.1 Å². The number of rotatable bonds is 3. The van der Waals surface area contributed by atoms with Gasteiger partial charge in [0.15, 0.2) is 0 Å². The van der Waals surface area contributed by atoms with Crippen molar-refractivity contribution in [2.75, 3.05) is 26.2 Å². The maximum absolute atomic E-state index is 12.5. The van der Waals surface area contributed by atoms with E-state index in [1.807, 2.05) is 51.1 Å². The highest BCUT2D eigenvalue weighted by molar-refractivity contribution is 5.68. The monoisotopic (exact) mass is 441 g/mol. The van der Waals surface area contributed by atoms with E-state index in [-0.39, 0.29) is 24.7 Å². The summed E-state index contributed by atoms with van der Waals surface area (Å²) in [6, 6.07) is 9.66. The van der Waals surface area contributed by atoms with E-state index in [1.165, 1.54) is 0 Å². The number of amides is 2. The fourth-order valence-corrected chi connectivity index (χ4v) is 4.10. The second-order valence-corrected chi connectivity index (χ2v) is 9.32. The Morgan fingerprint density at radius 3 is 2.53 bits per heavy atom.